The summed E-state index contributed by atoms with van der Waals surface area (Å²) in [6.45, 7) is 7.30. The Balaban J connectivity index is 1.32. The number of carbonyl (C=O) groups excluding carboxylic acids is 1. The van der Waals surface area contributed by atoms with Crippen molar-refractivity contribution >= 4 is 33.2 Å². The summed E-state index contributed by atoms with van der Waals surface area (Å²) in [5, 5.41) is 12.5. The first-order valence-corrected chi connectivity index (χ1v) is 19.5. The van der Waals surface area contributed by atoms with Crippen LogP contribution in [0.3, 0.4) is 0 Å². The second-order valence-corrected chi connectivity index (χ2v) is 17.5. The average molecular weight is 704 g/mol. The van der Waals surface area contributed by atoms with Gasteiger partial charge in [-0.2, -0.15) is 0 Å². The molecule has 1 aromatic heterocycles. The summed E-state index contributed by atoms with van der Waals surface area (Å²) in [6.07, 6.45) is 11.1. The highest BCUT2D eigenvalue weighted by molar-refractivity contribution is 7.90. The summed E-state index contributed by atoms with van der Waals surface area (Å²) >= 11 is 6.45. The molecule has 2 aliphatic heterocycles. The van der Waals surface area contributed by atoms with Gasteiger partial charge in [0.25, 0.3) is 5.91 Å². The number of halogens is 1. The van der Waals surface area contributed by atoms with Gasteiger partial charge >= 0.3 is 0 Å². The lowest BCUT2D eigenvalue weighted by atomic mass is 9.62. The van der Waals surface area contributed by atoms with Gasteiger partial charge in [0, 0.05) is 47.4 Å². The molecular formula is C39H46ClN3O5S. The predicted molar refractivity (Wildman–Crippen MR) is 193 cm³/mol. The van der Waals surface area contributed by atoms with Gasteiger partial charge in [0.2, 0.25) is 10.0 Å². The van der Waals surface area contributed by atoms with Gasteiger partial charge in [-0.1, -0.05) is 36.7 Å². The molecule has 1 amide bonds. The van der Waals surface area contributed by atoms with Gasteiger partial charge in [0.1, 0.15) is 5.75 Å². The lowest BCUT2D eigenvalue weighted by Gasteiger charge is -2.49. The van der Waals surface area contributed by atoms with Crippen molar-refractivity contribution in [3.05, 3.63) is 99.9 Å². The van der Waals surface area contributed by atoms with E-state index in [0.717, 1.165) is 54.1 Å². The molecule has 260 valence electrons. The quantitative estimate of drug-likeness (QED) is 0.291. The minimum atomic E-state index is -3.99. The summed E-state index contributed by atoms with van der Waals surface area (Å²) < 4.78 is 35.9. The van der Waals surface area contributed by atoms with E-state index >= 15 is 0 Å². The van der Waals surface area contributed by atoms with Crippen LogP contribution in [0.5, 0.6) is 5.75 Å². The molecule has 2 N–H and O–H groups in total. The molecule has 1 fully saturated rings. The summed E-state index contributed by atoms with van der Waals surface area (Å²) in [7, 11) is -3.99. The number of pyridine rings is 1. The monoisotopic (exact) mass is 703 g/mol. The van der Waals surface area contributed by atoms with E-state index < -0.39 is 26.8 Å². The Hall–Kier alpha value is -3.40. The third-order valence-corrected chi connectivity index (χ3v) is 13.8. The van der Waals surface area contributed by atoms with E-state index in [1.165, 1.54) is 11.1 Å². The van der Waals surface area contributed by atoms with Gasteiger partial charge < -0.3 is 14.7 Å². The van der Waals surface area contributed by atoms with E-state index in [4.69, 9.17) is 16.3 Å². The molecule has 10 heteroatoms. The van der Waals surface area contributed by atoms with Crippen molar-refractivity contribution in [3.8, 4) is 5.75 Å². The number of nitrogens with one attached hydrogen (secondary N) is 1. The molecule has 3 aromatic rings. The van der Waals surface area contributed by atoms with Crippen LogP contribution in [0.15, 0.2) is 66.9 Å². The molecule has 0 unspecified atom stereocenters. The minimum Gasteiger partial charge on any atom is -0.490 e. The summed E-state index contributed by atoms with van der Waals surface area (Å²) in [5.41, 5.74) is 3.94. The number of aliphatic hydroxyl groups is 1. The number of anilines is 1. The Morgan fingerprint density at radius 3 is 2.73 bits per heavy atom. The maximum absolute atomic E-state index is 13.5. The Bertz CT molecular complexity index is 1900. The van der Waals surface area contributed by atoms with Crippen molar-refractivity contribution in [1.29, 1.82) is 0 Å². The largest absolute Gasteiger partial charge is 0.490 e. The molecule has 2 aliphatic carbocycles. The molecule has 6 atom stereocenters. The van der Waals surface area contributed by atoms with E-state index in [0.29, 0.717) is 38.3 Å². The molecular weight excluding hydrogens is 658 g/mol. The highest BCUT2D eigenvalue weighted by Crippen LogP contribution is 2.49. The van der Waals surface area contributed by atoms with E-state index in [1.54, 1.807) is 31.3 Å². The fraction of sp³-hybridized carbons (Fsp3) is 0.487. The highest BCUT2D eigenvalue weighted by atomic mass is 35.5. The zero-order chi connectivity index (χ0) is 34.6. The number of aryl methyl sites for hydroxylation is 2. The van der Waals surface area contributed by atoms with Gasteiger partial charge in [0.05, 0.1) is 23.1 Å². The number of rotatable bonds is 2. The van der Waals surface area contributed by atoms with Gasteiger partial charge in [-0.25, -0.2) is 13.1 Å². The van der Waals surface area contributed by atoms with E-state index in [2.05, 4.69) is 26.7 Å². The third kappa shape index (κ3) is 6.62. The number of benzene rings is 2. The lowest BCUT2D eigenvalue weighted by Crippen LogP contribution is -2.53. The molecule has 2 bridgehead atoms. The first kappa shape index (κ1) is 34.1. The van der Waals surface area contributed by atoms with Gasteiger partial charge in [-0.3, -0.25) is 9.78 Å². The van der Waals surface area contributed by atoms with Crippen LogP contribution < -0.4 is 14.4 Å². The number of aromatic nitrogens is 1. The number of amides is 1. The summed E-state index contributed by atoms with van der Waals surface area (Å²) in [4.78, 5) is 20.5. The van der Waals surface area contributed by atoms with Crippen molar-refractivity contribution in [1.82, 2.24) is 9.71 Å². The van der Waals surface area contributed by atoms with Gasteiger partial charge in [-0.05, 0) is 129 Å². The maximum Gasteiger partial charge on any atom is 0.264 e. The SMILES string of the molecule is Cc1ccnc(C[C@]2(O)/C=C/C[C@H](C)[C@@H](C)S(=O)(=O)NC(=O)c3ccc4c(c3)N(C[C@@H]3CC[C@H]32)C[C@@]2(CCCc3cc(Cl)ccc32)CO4)c1. The van der Waals surface area contributed by atoms with E-state index in [-0.39, 0.29) is 28.7 Å². The van der Waals surface area contributed by atoms with Crippen LogP contribution >= 0.6 is 11.6 Å². The van der Waals surface area contributed by atoms with Crippen LogP contribution in [0.25, 0.3) is 0 Å². The number of hydrogen-bond donors (Lipinski definition) is 2. The van der Waals surface area contributed by atoms with Crippen LogP contribution in [0.1, 0.15) is 78.7 Å². The predicted octanol–water partition coefficient (Wildman–Crippen LogP) is 6.56. The third-order valence-electron chi connectivity index (χ3n) is 11.7. The van der Waals surface area contributed by atoms with Crippen molar-refractivity contribution < 1.29 is 23.1 Å². The fourth-order valence-corrected chi connectivity index (χ4v) is 10.0. The highest BCUT2D eigenvalue weighted by Gasteiger charge is 2.48. The maximum atomic E-state index is 13.5. The van der Waals surface area contributed by atoms with Gasteiger partial charge in [-0.15, -0.1) is 0 Å². The number of nitrogens with zero attached hydrogens (tertiary/aromatic N) is 2. The Labute approximate surface area is 295 Å². The first-order chi connectivity index (χ1) is 23.4. The molecule has 1 spiro atoms. The molecule has 7 rings (SSSR count). The standard InChI is InChI=1S/C39H46ClN3O5S/c1-25-14-17-41-32(18-25)21-39(45)16-4-6-26(2)27(3)49(46,47)42-37(44)29-9-13-36-35(20-29)43(22-30-8-11-34(30)39)23-38(24-48-36)15-5-7-28-19-31(40)10-12-33(28)38/h4,9-10,12-14,16-20,26-27,30,34,45H,5-8,11,15,21-24H2,1-3H3,(H,42,44)/b16-4+/t26-,27+,30-,34+,38-,39+/m0/s1. The number of ether oxygens (including phenoxy) is 1. The normalized spacial score (nSPS) is 31.7. The van der Waals surface area contributed by atoms with Crippen molar-refractivity contribution in [2.45, 2.75) is 82.0 Å². The smallest absolute Gasteiger partial charge is 0.264 e. The number of carbonyl (C=O) groups is 1. The fourth-order valence-electron chi connectivity index (χ4n) is 8.55. The van der Waals surface area contributed by atoms with Crippen LogP contribution in [0, 0.1) is 24.7 Å². The number of hydrogen-bond acceptors (Lipinski definition) is 7. The van der Waals surface area contributed by atoms with E-state index in [1.807, 2.05) is 44.2 Å². The second kappa shape index (κ2) is 13.1. The molecule has 2 aromatic carbocycles. The zero-order valence-corrected chi connectivity index (χ0v) is 30.1. The number of sulfonamides is 1. The van der Waals surface area contributed by atoms with Crippen molar-refractivity contribution in [3.63, 3.8) is 0 Å². The van der Waals surface area contributed by atoms with E-state index in [9.17, 15) is 18.3 Å². The minimum absolute atomic E-state index is 0.0390. The molecule has 0 saturated heterocycles. The molecule has 8 nitrogen and oxygen atoms in total. The molecule has 49 heavy (non-hydrogen) atoms. The molecule has 0 radical (unpaired) electrons. The van der Waals surface area contributed by atoms with Crippen LogP contribution in [0.4, 0.5) is 5.69 Å². The lowest BCUT2D eigenvalue weighted by molar-refractivity contribution is -0.0452. The Morgan fingerprint density at radius 2 is 1.96 bits per heavy atom. The molecule has 1 saturated carbocycles. The van der Waals surface area contributed by atoms with Crippen molar-refractivity contribution in [2.75, 3.05) is 24.6 Å². The summed E-state index contributed by atoms with van der Waals surface area (Å²) in [6, 6.07) is 15.4. The molecule has 4 aliphatic rings. The average Bonchev–Trinajstić information content (AvgIpc) is 3.18. The second-order valence-electron chi connectivity index (χ2n) is 15.0. The van der Waals surface area contributed by atoms with Gasteiger partial charge in [0.15, 0.2) is 0 Å². The van der Waals surface area contributed by atoms with Crippen LogP contribution in [0.2, 0.25) is 5.02 Å². The topological polar surface area (TPSA) is 109 Å². The summed E-state index contributed by atoms with van der Waals surface area (Å²) in [5.74, 6) is -0.160. The number of fused-ring (bicyclic) bond motifs is 4. The Kier molecular flexibility index (Phi) is 9.07. The first-order valence-electron chi connectivity index (χ1n) is 17.5. The number of allylic oxidation sites excluding steroid dienone is 1. The van der Waals surface area contributed by atoms with Crippen LogP contribution in [-0.2, 0) is 28.3 Å². The zero-order valence-electron chi connectivity index (χ0n) is 28.5. The Morgan fingerprint density at radius 1 is 1.12 bits per heavy atom. The van der Waals surface area contributed by atoms with Crippen LogP contribution in [-0.4, -0.2) is 55.0 Å². The van der Waals surface area contributed by atoms with Crippen molar-refractivity contribution in [2.24, 2.45) is 17.8 Å². The molecule has 3 heterocycles.